The number of nitrogens with zero attached hydrogens (tertiary/aromatic N) is 4. The number of carbonyl (C=O) groups is 2. The number of piperidine rings is 1. The first kappa shape index (κ1) is 21.1. The standard InChI is InChI=1S/C26H32N4O2/c1-28-17-23(20-8-10-29(11-9-20)26(32)21-4-2-3-5-21)22-12-18(6-7-24(22)28)13-25(31)30-15-19(14-27)16-30/h6-7,12,17,19-21H,2-5,8-11,13,15-16H2,1H3. The Bertz CT molecular complexity index is 1060. The molecule has 1 saturated carbocycles. The van der Waals surface area contributed by atoms with Gasteiger partial charge >= 0.3 is 0 Å². The zero-order valence-electron chi connectivity index (χ0n) is 18.9. The van der Waals surface area contributed by atoms with Gasteiger partial charge < -0.3 is 14.4 Å². The monoisotopic (exact) mass is 432 g/mol. The van der Waals surface area contributed by atoms with Gasteiger partial charge in [0.15, 0.2) is 0 Å². The van der Waals surface area contributed by atoms with E-state index in [1.54, 1.807) is 4.90 Å². The van der Waals surface area contributed by atoms with Gasteiger partial charge in [-0.1, -0.05) is 18.9 Å². The number of rotatable bonds is 4. The number of amides is 2. The summed E-state index contributed by atoms with van der Waals surface area (Å²) in [6.07, 6.45) is 9.16. The van der Waals surface area contributed by atoms with Crippen molar-refractivity contribution in [1.29, 1.82) is 5.26 Å². The molecule has 0 spiro atoms. The predicted octanol–water partition coefficient (Wildman–Crippen LogP) is 3.60. The van der Waals surface area contributed by atoms with Gasteiger partial charge in [-0.3, -0.25) is 9.59 Å². The van der Waals surface area contributed by atoms with E-state index in [1.807, 2.05) is 0 Å². The average molecular weight is 433 g/mol. The molecule has 0 atom stereocenters. The van der Waals surface area contributed by atoms with E-state index >= 15 is 0 Å². The molecule has 0 N–H and O–H groups in total. The Labute approximate surface area is 189 Å². The van der Waals surface area contributed by atoms with E-state index < -0.39 is 0 Å². The summed E-state index contributed by atoms with van der Waals surface area (Å²) in [6.45, 7) is 2.83. The number of hydrogen-bond acceptors (Lipinski definition) is 3. The lowest BCUT2D eigenvalue weighted by molar-refractivity contribution is -0.136. The molecule has 1 aromatic carbocycles. The molecule has 0 unspecified atom stereocenters. The molecule has 3 heterocycles. The third-order valence-corrected chi connectivity index (χ3v) is 7.81. The van der Waals surface area contributed by atoms with Crippen molar-refractivity contribution < 1.29 is 9.59 Å². The second-order valence-corrected chi connectivity index (χ2v) is 9.93. The van der Waals surface area contributed by atoms with Gasteiger partial charge in [-0.2, -0.15) is 5.26 Å². The molecular weight excluding hydrogens is 400 g/mol. The molecule has 0 radical (unpaired) electrons. The molecule has 3 fully saturated rings. The summed E-state index contributed by atoms with van der Waals surface area (Å²) in [5.74, 6) is 1.19. The number of benzene rings is 1. The molecule has 1 aromatic heterocycles. The van der Waals surface area contributed by atoms with E-state index in [-0.39, 0.29) is 17.7 Å². The molecule has 32 heavy (non-hydrogen) atoms. The van der Waals surface area contributed by atoms with Crippen LogP contribution in [0.5, 0.6) is 0 Å². The Kier molecular flexibility index (Phi) is 5.67. The minimum absolute atomic E-state index is 0.00595. The highest BCUT2D eigenvalue weighted by Crippen LogP contribution is 2.36. The summed E-state index contributed by atoms with van der Waals surface area (Å²) in [4.78, 5) is 29.2. The molecule has 3 aliphatic rings. The summed E-state index contributed by atoms with van der Waals surface area (Å²) in [7, 11) is 2.08. The molecule has 168 valence electrons. The summed E-state index contributed by atoms with van der Waals surface area (Å²) in [6, 6.07) is 8.58. The Morgan fingerprint density at radius 2 is 1.78 bits per heavy atom. The molecule has 1 aliphatic carbocycles. The van der Waals surface area contributed by atoms with Crippen LogP contribution < -0.4 is 0 Å². The van der Waals surface area contributed by atoms with Crippen LogP contribution in [-0.2, 0) is 23.1 Å². The lowest BCUT2D eigenvalue weighted by Gasteiger charge is -2.35. The highest BCUT2D eigenvalue weighted by Gasteiger charge is 2.32. The zero-order chi connectivity index (χ0) is 22.2. The molecule has 2 aliphatic heterocycles. The van der Waals surface area contributed by atoms with Gasteiger partial charge in [0.2, 0.25) is 11.8 Å². The summed E-state index contributed by atoms with van der Waals surface area (Å²) in [5.41, 5.74) is 3.57. The smallest absolute Gasteiger partial charge is 0.227 e. The topological polar surface area (TPSA) is 69.3 Å². The van der Waals surface area contributed by atoms with Crippen molar-refractivity contribution in [2.75, 3.05) is 26.2 Å². The Morgan fingerprint density at radius 1 is 1.06 bits per heavy atom. The number of aryl methyl sites for hydroxylation is 1. The summed E-state index contributed by atoms with van der Waals surface area (Å²) in [5, 5.41) is 10.2. The van der Waals surface area contributed by atoms with Crippen molar-refractivity contribution in [3.8, 4) is 6.07 Å². The van der Waals surface area contributed by atoms with E-state index in [2.05, 4.69) is 47.0 Å². The highest BCUT2D eigenvalue weighted by atomic mass is 16.2. The largest absolute Gasteiger partial charge is 0.350 e. The van der Waals surface area contributed by atoms with Crippen molar-refractivity contribution in [3.05, 3.63) is 35.5 Å². The van der Waals surface area contributed by atoms with E-state index in [0.29, 0.717) is 31.3 Å². The van der Waals surface area contributed by atoms with Crippen LogP contribution in [0.15, 0.2) is 24.4 Å². The van der Waals surface area contributed by atoms with Crippen molar-refractivity contribution in [1.82, 2.24) is 14.4 Å². The first-order chi connectivity index (χ1) is 15.5. The normalized spacial score (nSPS) is 20.5. The number of fused-ring (bicyclic) bond motifs is 1. The molecule has 5 rings (SSSR count). The third-order valence-electron chi connectivity index (χ3n) is 7.81. The van der Waals surface area contributed by atoms with Gasteiger partial charge in [0.05, 0.1) is 18.4 Å². The second kappa shape index (κ2) is 8.61. The number of likely N-dealkylation sites (tertiary alicyclic amines) is 2. The van der Waals surface area contributed by atoms with Gasteiger partial charge in [-0.15, -0.1) is 0 Å². The number of carbonyl (C=O) groups excluding carboxylic acids is 2. The predicted molar refractivity (Wildman–Crippen MR) is 123 cm³/mol. The van der Waals surface area contributed by atoms with Crippen LogP contribution in [0, 0.1) is 23.2 Å². The Hall–Kier alpha value is -2.81. The SMILES string of the molecule is Cn1cc(C2CCN(C(=O)C3CCCC3)CC2)c2cc(CC(=O)N3CC(C#N)C3)ccc21. The molecular formula is C26H32N4O2. The number of nitriles is 1. The number of hydrogen-bond donors (Lipinski definition) is 0. The fourth-order valence-corrected chi connectivity index (χ4v) is 5.80. The van der Waals surface area contributed by atoms with Crippen molar-refractivity contribution in [2.24, 2.45) is 18.9 Å². The molecule has 2 saturated heterocycles. The Balaban J connectivity index is 1.28. The minimum Gasteiger partial charge on any atom is -0.350 e. The lowest BCUT2D eigenvalue weighted by atomic mass is 9.88. The maximum atomic E-state index is 12.8. The maximum absolute atomic E-state index is 12.8. The van der Waals surface area contributed by atoms with Crippen LogP contribution in [0.3, 0.4) is 0 Å². The molecule has 0 bridgehead atoms. The van der Waals surface area contributed by atoms with Gasteiger partial charge in [0, 0.05) is 56.2 Å². The van der Waals surface area contributed by atoms with Gasteiger partial charge in [-0.25, -0.2) is 0 Å². The van der Waals surface area contributed by atoms with E-state index in [1.165, 1.54) is 29.3 Å². The Morgan fingerprint density at radius 3 is 2.47 bits per heavy atom. The zero-order valence-corrected chi connectivity index (χ0v) is 18.9. The summed E-state index contributed by atoms with van der Waals surface area (Å²) < 4.78 is 2.18. The highest BCUT2D eigenvalue weighted by molar-refractivity contribution is 5.87. The first-order valence-electron chi connectivity index (χ1n) is 12.1. The van der Waals surface area contributed by atoms with E-state index in [0.717, 1.165) is 44.3 Å². The third kappa shape index (κ3) is 3.90. The van der Waals surface area contributed by atoms with Crippen molar-refractivity contribution >= 4 is 22.7 Å². The fraction of sp³-hybridized carbons (Fsp3) is 0.577. The van der Waals surface area contributed by atoms with Crippen molar-refractivity contribution in [3.63, 3.8) is 0 Å². The van der Waals surface area contributed by atoms with Gasteiger partial charge in [0.1, 0.15) is 0 Å². The summed E-state index contributed by atoms with van der Waals surface area (Å²) >= 11 is 0. The van der Waals surface area contributed by atoms with Crippen LogP contribution in [0.4, 0.5) is 0 Å². The van der Waals surface area contributed by atoms with Crippen LogP contribution in [-0.4, -0.2) is 52.4 Å². The average Bonchev–Trinajstić information content (AvgIpc) is 3.41. The molecule has 2 amide bonds. The van der Waals surface area contributed by atoms with Crippen LogP contribution in [0.1, 0.15) is 55.6 Å². The quantitative estimate of drug-likeness (QED) is 0.741. The molecule has 2 aromatic rings. The number of aromatic nitrogens is 1. The molecule has 6 nitrogen and oxygen atoms in total. The first-order valence-corrected chi connectivity index (χ1v) is 12.1. The van der Waals surface area contributed by atoms with E-state index in [9.17, 15) is 9.59 Å². The van der Waals surface area contributed by atoms with E-state index in [4.69, 9.17) is 5.26 Å². The van der Waals surface area contributed by atoms with Gasteiger partial charge in [0.25, 0.3) is 0 Å². The minimum atomic E-state index is -0.00595. The van der Waals surface area contributed by atoms with Crippen LogP contribution in [0.25, 0.3) is 10.9 Å². The maximum Gasteiger partial charge on any atom is 0.227 e. The fourth-order valence-electron chi connectivity index (χ4n) is 5.80. The van der Waals surface area contributed by atoms with Crippen LogP contribution in [0.2, 0.25) is 0 Å². The van der Waals surface area contributed by atoms with Gasteiger partial charge in [-0.05, 0) is 54.9 Å². The van der Waals surface area contributed by atoms with Crippen LogP contribution >= 0.6 is 0 Å². The van der Waals surface area contributed by atoms with Crippen molar-refractivity contribution in [2.45, 2.75) is 50.9 Å². The lowest BCUT2D eigenvalue weighted by Crippen LogP contribution is -2.49. The second-order valence-electron chi connectivity index (χ2n) is 9.93. The molecule has 6 heteroatoms.